The number of hydrogen-bond acceptors (Lipinski definition) is 1. The summed E-state index contributed by atoms with van der Waals surface area (Å²) in [6, 6.07) is 3.68. The van der Waals surface area contributed by atoms with E-state index in [1.54, 1.807) is 0 Å². The van der Waals surface area contributed by atoms with Gasteiger partial charge in [-0.2, -0.15) is 13.2 Å². The highest BCUT2D eigenvalue weighted by atomic mass is 19.4. The van der Waals surface area contributed by atoms with Gasteiger partial charge in [0, 0.05) is 5.56 Å². The molecule has 0 aliphatic heterocycles. The summed E-state index contributed by atoms with van der Waals surface area (Å²) in [6.07, 6.45) is -5.40. The van der Waals surface area contributed by atoms with Crippen LogP contribution in [0.3, 0.4) is 0 Å². The van der Waals surface area contributed by atoms with Gasteiger partial charge in [-0.3, -0.25) is 0 Å². The maximum absolute atomic E-state index is 13.3. The van der Waals surface area contributed by atoms with Gasteiger partial charge in [0.05, 0.1) is 0 Å². The molecule has 0 radical (unpaired) electrons. The third-order valence-electron chi connectivity index (χ3n) is 1.83. The number of carboxylic acid groups (broad SMARTS) is 1. The first kappa shape index (κ1) is 13.1. The van der Waals surface area contributed by atoms with Crippen molar-refractivity contribution in [2.24, 2.45) is 0 Å². The highest BCUT2D eigenvalue weighted by Gasteiger charge is 2.43. The van der Waals surface area contributed by atoms with Crippen molar-refractivity contribution in [3.8, 4) is 0 Å². The molecular formula is C10H5F5O2. The van der Waals surface area contributed by atoms with Crippen molar-refractivity contribution in [1.29, 1.82) is 0 Å². The summed E-state index contributed by atoms with van der Waals surface area (Å²) < 4.78 is 63.1. The first-order valence-corrected chi connectivity index (χ1v) is 4.20. The molecule has 0 unspecified atom stereocenters. The molecule has 7 heteroatoms. The number of carbonyl (C=O) groups is 1. The summed E-state index contributed by atoms with van der Waals surface area (Å²) in [4.78, 5) is 10.3. The topological polar surface area (TPSA) is 37.3 Å². The average molecular weight is 252 g/mol. The molecule has 17 heavy (non-hydrogen) atoms. The second kappa shape index (κ2) is 4.52. The molecule has 2 nitrogen and oxygen atoms in total. The van der Waals surface area contributed by atoms with E-state index in [1.165, 1.54) is 0 Å². The van der Waals surface area contributed by atoms with Gasteiger partial charge in [0.15, 0.2) is 11.4 Å². The van der Waals surface area contributed by atoms with E-state index < -0.39 is 34.9 Å². The fourth-order valence-corrected chi connectivity index (χ4v) is 1.11. The number of aliphatic carboxylic acids is 1. The molecule has 1 N–H and O–H groups in total. The van der Waals surface area contributed by atoms with Crippen molar-refractivity contribution in [2.45, 2.75) is 6.18 Å². The van der Waals surface area contributed by atoms with Gasteiger partial charge in [-0.05, 0) is 12.1 Å². The van der Waals surface area contributed by atoms with Gasteiger partial charge in [-0.1, -0.05) is 12.1 Å². The minimum atomic E-state index is -5.40. The van der Waals surface area contributed by atoms with E-state index in [9.17, 15) is 26.7 Å². The van der Waals surface area contributed by atoms with Crippen LogP contribution in [0.15, 0.2) is 29.8 Å². The maximum Gasteiger partial charge on any atom is 0.426 e. The van der Waals surface area contributed by atoms with Crippen LogP contribution in [0.5, 0.6) is 0 Å². The van der Waals surface area contributed by atoms with Gasteiger partial charge < -0.3 is 5.11 Å². The number of hydrogen-bond donors (Lipinski definition) is 1. The summed E-state index contributed by atoms with van der Waals surface area (Å²) in [5, 5.41) is 8.29. The molecule has 0 fully saturated rings. The lowest BCUT2D eigenvalue weighted by Crippen LogP contribution is -2.21. The van der Waals surface area contributed by atoms with Gasteiger partial charge >= 0.3 is 12.1 Å². The second-order valence-corrected chi connectivity index (χ2v) is 2.97. The Morgan fingerprint density at radius 2 is 1.71 bits per heavy atom. The number of alkyl halides is 3. The van der Waals surface area contributed by atoms with Gasteiger partial charge in [0.1, 0.15) is 5.82 Å². The number of halogens is 5. The zero-order chi connectivity index (χ0) is 13.2. The average Bonchev–Trinajstić information content (AvgIpc) is 2.15. The van der Waals surface area contributed by atoms with E-state index in [4.69, 9.17) is 5.11 Å². The summed E-state index contributed by atoms with van der Waals surface area (Å²) in [6.45, 7) is 0. The fraction of sp³-hybridized carbons (Fsp3) is 0.100. The molecule has 0 saturated carbocycles. The minimum Gasteiger partial charge on any atom is -0.478 e. The Labute approximate surface area is 92.0 Å². The largest absolute Gasteiger partial charge is 0.478 e. The van der Waals surface area contributed by atoms with E-state index in [0.29, 0.717) is 0 Å². The third-order valence-corrected chi connectivity index (χ3v) is 1.83. The molecule has 0 spiro atoms. The fourth-order valence-electron chi connectivity index (χ4n) is 1.11. The second-order valence-electron chi connectivity index (χ2n) is 2.97. The van der Waals surface area contributed by atoms with Crippen LogP contribution in [0, 0.1) is 5.82 Å². The van der Waals surface area contributed by atoms with E-state index >= 15 is 0 Å². The van der Waals surface area contributed by atoms with Gasteiger partial charge in [-0.15, -0.1) is 0 Å². The van der Waals surface area contributed by atoms with Crippen molar-refractivity contribution in [2.75, 3.05) is 0 Å². The number of rotatable bonds is 2. The van der Waals surface area contributed by atoms with Crippen LogP contribution < -0.4 is 0 Å². The molecular weight excluding hydrogens is 247 g/mol. The Morgan fingerprint density at radius 3 is 2.12 bits per heavy atom. The summed E-state index contributed by atoms with van der Waals surface area (Å²) in [7, 11) is 0. The SMILES string of the molecule is O=C(O)/C(=C(\F)c1ccccc1F)C(F)(F)F. The molecule has 92 valence electrons. The normalized spacial score (nSPS) is 13.2. The van der Waals surface area contributed by atoms with Crippen molar-refractivity contribution >= 4 is 11.8 Å². The van der Waals surface area contributed by atoms with Crippen LogP contribution in [-0.4, -0.2) is 17.3 Å². The number of benzene rings is 1. The quantitative estimate of drug-likeness (QED) is 0.648. The van der Waals surface area contributed by atoms with E-state index in [-0.39, 0.29) is 0 Å². The van der Waals surface area contributed by atoms with Gasteiger partial charge in [0.2, 0.25) is 0 Å². The van der Waals surface area contributed by atoms with E-state index in [1.807, 2.05) is 0 Å². The molecule has 0 aliphatic carbocycles. The predicted octanol–water partition coefficient (Wildman–Crippen LogP) is 3.15. The standard InChI is InChI=1S/C10H5F5O2/c11-6-4-2-1-3-5(6)8(12)7(9(16)17)10(13,14)15/h1-4H,(H,16,17)/b8-7+. The van der Waals surface area contributed by atoms with Crippen LogP contribution in [0.2, 0.25) is 0 Å². The Balaban J connectivity index is 3.46. The smallest absolute Gasteiger partial charge is 0.426 e. The summed E-state index contributed by atoms with van der Waals surface area (Å²) in [5.74, 6) is -5.92. The Bertz CT molecular complexity index is 476. The number of carboxylic acids is 1. The van der Waals surface area contributed by atoms with Crippen molar-refractivity contribution < 1.29 is 31.9 Å². The molecule has 0 aromatic heterocycles. The molecule has 1 rings (SSSR count). The molecule has 0 amide bonds. The lowest BCUT2D eigenvalue weighted by Gasteiger charge is -2.09. The molecule has 0 atom stereocenters. The Hall–Kier alpha value is -1.92. The van der Waals surface area contributed by atoms with Crippen LogP contribution >= 0.6 is 0 Å². The lowest BCUT2D eigenvalue weighted by atomic mass is 10.1. The monoisotopic (exact) mass is 252 g/mol. The summed E-state index contributed by atoms with van der Waals surface area (Å²) >= 11 is 0. The maximum atomic E-state index is 13.3. The molecule has 0 bridgehead atoms. The lowest BCUT2D eigenvalue weighted by molar-refractivity contribution is -0.144. The Kier molecular flexibility index (Phi) is 3.50. The van der Waals surface area contributed by atoms with E-state index in [2.05, 4.69) is 0 Å². The zero-order valence-corrected chi connectivity index (χ0v) is 8.05. The predicted molar refractivity (Wildman–Crippen MR) is 48.1 cm³/mol. The van der Waals surface area contributed by atoms with Crippen LogP contribution in [0.25, 0.3) is 5.83 Å². The van der Waals surface area contributed by atoms with E-state index in [0.717, 1.165) is 24.3 Å². The molecule has 0 aliphatic rings. The first-order chi connectivity index (χ1) is 7.75. The minimum absolute atomic E-state index is 0.722. The van der Waals surface area contributed by atoms with Gasteiger partial charge in [0.25, 0.3) is 0 Å². The molecule has 1 aromatic rings. The zero-order valence-electron chi connectivity index (χ0n) is 8.05. The first-order valence-electron chi connectivity index (χ1n) is 4.20. The molecule has 0 heterocycles. The highest BCUT2D eigenvalue weighted by Crippen LogP contribution is 2.34. The third kappa shape index (κ3) is 2.80. The Morgan fingerprint density at radius 1 is 1.18 bits per heavy atom. The summed E-state index contributed by atoms with van der Waals surface area (Å²) in [5.41, 5.74) is -3.47. The van der Waals surface area contributed by atoms with Crippen molar-refractivity contribution in [3.05, 3.63) is 41.2 Å². The van der Waals surface area contributed by atoms with Crippen molar-refractivity contribution in [1.82, 2.24) is 0 Å². The molecule has 1 aromatic carbocycles. The molecule has 0 saturated heterocycles. The van der Waals surface area contributed by atoms with Gasteiger partial charge in [-0.25, -0.2) is 13.6 Å². The van der Waals surface area contributed by atoms with Crippen LogP contribution in [0.1, 0.15) is 5.56 Å². The highest BCUT2D eigenvalue weighted by molar-refractivity contribution is 5.96. The van der Waals surface area contributed by atoms with Crippen LogP contribution in [-0.2, 0) is 4.79 Å². The van der Waals surface area contributed by atoms with Crippen LogP contribution in [0.4, 0.5) is 22.0 Å². The van der Waals surface area contributed by atoms with Crippen molar-refractivity contribution in [3.63, 3.8) is 0 Å².